The van der Waals surface area contributed by atoms with Crippen LogP contribution in [0.4, 0.5) is 0 Å². The van der Waals surface area contributed by atoms with Crippen LogP contribution in [0.25, 0.3) is 16.7 Å². The summed E-state index contributed by atoms with van der Waals surface area (Å²) in [7, 11) is 0. The highest BCUT2D eigenvalue weighted by Crippen LogP contribution is 2.13. The van der Waals surface area contributed by atoms with E-state index >= 15 is 0 Å². The van der Waals surface area contributed by atoms with Gasteiger partial charge in [-0.1, -0.05) is 6.07 Å². The van der Waals surface area contributed by atoms with Crippen molar-refractivity contribution in [2.45, 2.75) is 20.4 Å². The third-order valence-corrected chi connectivity index (χ3v) is 4.44. The van der Waals surface area contributed by atoms with Crippen molar-refractivity contribution in [3.63, 3.8) is 0 Å². The lowest BCUT2D eigenvalue weighted by atomic mass is 10.2. The molecule has 4 aromatic rings. The van der Waals surface area contributed by atoms with Crippen molar-refractivity contribution in [3.8, 4) is 0 Å². The van der Waals surface area contributed by atoms with Crippen LogP contribution in [0, 0.1) is 0 Å². The van der Waals surface area contributed by atoms with Crippen LogP contribution in [0.15, 0.2) is 63.1 Å². The van der Waals surface area contributed by atoms with E-state index in [9.17, 15) is 14.4 Å². The second-order valence-electron chi connectivity index (χ2n) is 6.48. The molecule has 0 saturated heterocycles. The number of nitrogens with zero attached hydrogens (tertiary/aromatic N) is 4. The molecule has 0 aromatic carbocycles. The summed E-state index contributed by atoms with van der Waals surface area (Å²) in [6.07, 6.45) is 3.10. The van der Waals surface area contributed by atoms with Gasteiger partial charge in [0, 0.05) is 13.1 Å². The second-order valence-corrected chi connectivity index (χ2v) is 6.48. The monoisotopic (exact) mass is 406 g/mol. The Morgan fingerprint density at radius 2 is 2.07 bits per heavy atom. The number of aromatic nitrogens is 3. The summed E-state index contributed by atoms with van der Waals surface area (Å²) in [5, 5.41) is 0.191. The van der Waals surface area contributed by atoms with Crippen LogP contribution in [0.5, 0.6) is 0 Å². The van der Waals surface area contributed by atoms with Gasteiger partial charge < -0.3 is 13.7 Å². The zero-order chi connectivity index (χ0) is 21.3. The summed E-state index contributed by atoms with van der Waals surface area (Å²) in [4.78, 5) is 46.3. The lowest BCUT2D eigenvalue weighted by Gasteiger charge is -2.14. The molecule has 30 heavy (non-hydrogen) atoms. The van der Waals surface area contributed by atoms with Gasteiger partial charge in [-0.15, -0.1) is 0 Å². The second kappa shape index (κ2) is 7.78. The third-order valence-electron chi connectivity index (χ3n) is 4.44. The van der Waals surface area contributed by atoms with Crippen molar-refractivity contribution in [2.75, 3.05) is 6.61 Å². The summed E-state index contributed by atoms with van der Waals surface area (Å²) >= 11 is 0. The molecule has 9 heteroatoms. The minimum Gasteiger partial charge on any atom is -0.467 e. The lowest BCUT2D eigenvalue weighted by Crippen LogP contribution is -2.32. The zero-order valence-corrected chi connectivity index (χ0v) is 16.4. The molecule has 0 unspecified atom stereocenters. The van der Waals surface area contributed by atoms with E-state index in [4.69, 9.17) is 9.15 Å². The van der Waals surface area contributed by atoms with Gasteiger partial charge in [-0.3, -0.25) is 14.0 Å². The van der Waals surface area contributed by atoms with E-state index in [2.05, 4.69) is 9.98 Å². The molecular formula is C21H18N4O5. The van der Waals surface area contributed by atoms with Crippen molar-refractivity contribution in [2.24, 2.45) is 4.99 Å². The molecule has 0 aliphatic carbocycles. The van der Waals surface area contributed by atoms with Gasteiger partial charge in [0.2, 0.25) is 5.91 Å². The number of rotatable bonds is 4. The van der Waals surface area contributed by atoms with Gasteiger partial charge in [0.25, 0.3) is 5.56 Å². The Labute approximate surface area is 169 Å². The number of carbonyl (C=O) groups is 2. The molecule has 0 atom stereocenters. The van der Waals surface area contributed by atoms with Gasteiger partial charge in [-0.05, 0) is 37.3 Å². The number of furan rings is 1. The van der Waals surface area contributed by atoms with E-state index in [1.807, 2.05) is 0 Å². The molecule has 0 aliphatic heterocycles. The lowest BCUT2D eigenvalue weighted by molar-refractivity contribution is -0.116. The number of hydrogen-bond donors (Lipinski definition) is 0. The SMILES string of the molecule is CCOC(=O)c1cc2c(=O)n3ccccc3nc2n(Cc2ccco2)c1=NC(C)=O. The Balaban J connectivity index is 2.18. The molecular weight excluding hydrogens is 388 g/mol. The fourth-order valence-corrected chi connectivity index (χ4v) is 3.21. The zero-order valence-electron chi connectivity index (χ0n) is 16.4. The van der Waals surface area contributed by atoms with E-state index in [1.165, 1.54) is 28.2 Å². The average Bonchev–Trinajstić information content (AvgIpc) is 3.23. The molecule has 1 amide bonds. The summed E-state index contributed by atoms with van der Waals surface area (Å²) in [6.45, 7) is 3.18. The Bertz CT molecular complexity index is 1400. The molecule has 4 heterocycles. The predicted molar refractivity (Wildman–Crippen MR) is 107 cm³/mol. The number of ether oxygens (including phenoxy) is 1. The molecule has 4 aromatic heterocycles. The highest BCUT2D eigenvalue weighted by molar-refractivity contribution is 5.93. The maximum atomic E-state index is 13.1. The first-order chi connectivity index (χ1) is 14.5. The van der Waals surface area contributed by atoms with Crippen molar-refractivity contribution < 1.29 is 18.7 Å². The molecule has 0 N–H and O–H groups in total. The minimum atomic E-state index is -0.690. The van der Waals surface area contributed by atoms with Gasteiger partial charge in [0.1, 0.15) is 22.6 Å². The Hall–Kier alpha value is -4.01. The number of amides is 1. The molecule has 0 spiro atoms. The van der Waals surface area contributed by atoms with Gasteiger partial charge in [-0.25, -0.2) is 9.78 Å². The Morgan fingerprint density at radius 1 is 1.23 bits per heavy atom. The fraction of sp³-hybridized carbons (Fsp3) is 0.190. The standard InChI is InChI=1S/C21H18N4O5/c1-3-29-21(28)16-11-15-18(23-17-8-4-5-9-24(17)20(15)27)25(19(16)22-13(2)26)12-14-7-6-10-30-14/h4-11H,3,12H2,1-2H3. The number of fused-ring (bicyclic) bond motifs is 2. The largest absolute Gasteiger partial charge is 0.467 e. The van der Waals surface area contributed by atoms with Gasteiger partial charge >= 0.3 is 5.97 Å². The number of pyridine rings is 2. The Morgan fingerprint density at radius 3 is 2.77 bits per heavy atom. The van der Waals surface area contributed by atoms with Crippen molar-refractivity contribution >= 4 is 28.6 Å². The molecule has 0 fully saturated rings. The first kappa shape index (κ1) is 19.3. The fourth-order valence-electron chi connectivity index (χ4n) is 3.21. The summed E-state index contributed by atoms with van der Waals surface area (Å²) in [5.74, 6) is -0.659. The maximum absolute atomic E-state index is 13.1. The molecule has 4 rings (SSSR count). The highest BCUT2D eigenvalue weighted by Gasteiger charge is 2.20. The van der Waals surface area contributed by atoms with Crippen LogP contribution in [0.2, 0.25) is 0 Å². The van der Waals surface area contributed by atoms with Crippen molar-refractivity contribution in [1.82, 2.24) is 14.0 Å². The number of esters is 1. The topological polar surface area (TPSA) is 108 Å². The molecule has 0 radical (unpaired) electrons. The first-order valence-corrected chi connectivity index (χ1v) is 9.29. The minimum absolute atomic E-state index is 0.000822. The summed E-state index contributed by atoms with van der Waals surface area (Å²) in [6, 6.07) is 10.00. The van der Waals surface area contributed by atoms with Crippen LogP contribution >= 0.6 is 0 Å². The van der Waals surface area contributed by atoms with Crippen LogP contribution < -0.4 is 11.0 Å². The molecule has 152 valence electrons. The quantitative estimate of drug-likeness (QED) is 0.378. The van der Waals surface area contributed by atoms with E-state index < -0.39 is 11.9 Å². The van der Waals surface area contributed by atoms with Crippen LogP contribution in [0.3, 0.4) is 0 Å². The van der Waals surface area contributed by atoms with E-state index in [0.29, 0.717) is 11.4 Å². The van der Waals surface area contributed by atoms with Crippen LogP contribution in [-0.4, -0.2) is 32.4 Å². The number of carbonyl (C=O) groups excluding carboxylic acids is 2. The van der Waals surface area contributed by atoms with Crippen molar-refractivity contribution in [1.29, 1.82) is 0 Å². The maximum Gasteiger partial charge on any atom is 0.341 e. The van der Waals surface area contributed by atoms with Gasteiger partial charge in [0.05, 0.1) is 24.8 Å². The van der Waals surface area contributed by atoms with Gasteiger partial charge in [-0.2, -0.15) is 4.99 Å². The Kier molecular flexibility index (Phi) is 5.01. The smallest absolute Gasteiger partial charge is 0.341 e. The van der Waals surface area contributed by atoms with Crippen molar-refractivity contribution in [3.05, 3.63) is 76.0 Å². The molecule has 0 saturated carbocycles. The van der Waals surface area contributed by atoms with E-state index in [0.717, 1.165) is 0 Å². The van der Waals surface area contributed by atoms with E-state index in [1.54, 1.807) is 43.5 Å². The van der Waals surface area contributed by atoms with Gasteiger partial charge in [0.15, 0.2) is 5.49 Å². The molecule has 0 bridgehead atoms. The normalized spacial score (nSPS) is 11.9. The first-order valence-electron chi connectivity index (χ1n) is 9.29. The molecule has 9 nitrogen and oxygen atoms in total. The van der Waals surface area contributed by atoms with Crippen LogP contribution in [0.1, 0.15) is 30.0 Å². The summed E-state index contributed by atoms with van der Waals surface area (Å²) < 4.78 is 13.5. The van der Waals surface area contributed by atoms with Crippen LogP contribution in [-0.2, 0) is 16.1 Å². The predicted octanol–water partition coefficient (Wildman–Crippen LogP) is 1.91. The third kappa shape index (κ3) is 3.41. The number of hydrogen-bond acceptors (Lipinski definition) is 6. The highest BCUT2D eigenvalue weighted by atomic mass is 16.5. The molecule has 0 aliphatic rings. The summed E-state index contributed by atoms with van der Waals surface area (Å²) in [5.41, 5.74) is 0.387. The van der Waals surface area contributed by atoms with E-state index in [-0.39, 0.29) is 40.8 Å². The average molecular weight is 406 g/mol.